The minimum Gasteiger partial charge on any atom is -0.493 e. The number of carboxylic acid groups (broad SMARTS) is 1. The molecule has 2 N–H and O–H groups in total. The van der Waals surface area contributed by atoms with E-state index in [2.05, 4.69) is 28.2 Å². The lowest BCUT2D eigenvalue weighted by atomic mass is 9.72. The monoisotopic (exact) mass is 499 g/mol. The van der Waals surface area contributed by atoms with Gasteiger partial charge in [-0.2, -0.15) is 0 Å². The summed E-state index contributed by atoms with van der Waals surface area (Å²) in [6.45, 7) is 2.10. The molecule has 0 aliphatic carbocycles. The number of hydrogen-bond donors (Lipinski definition) is 2. The third kappa shape index (κ3) is 3.93. The van der Waals surface area contributed by atoms with E-state index in [1.54, 1.807) is 32.4 Å². The zero-order valence-corrected chi connectivity index (χ0v) is 19.4. The third-order valence-electron chi connectivity index (χ3n) is 6.05. The molecule has 0 fully saturated rings. The van der Waals surface area contributed by atoms with Crippen LogP contribution in [-0.4, -0.2) is 25.3 Å². The third-order valence-corrected chi connectivity index (χ3v) is 6.50. The van der Waals surface area contributed by atoms with Crippen molar-refractivity contribution in [1.82, 2.24) is 0 Å². The normalized spacial score (nSPS) is 19.6. The van der Waals surface area contributed by atoms with E-state index in [-0.39, 0.29) is 29.3 Å². The predicted octanol–water partition coefficient (Wildman–Crippen LogP) is 6.24. The first-order valence-electron chi connectivity index (χ1n) is 10.1. The number of fused-ring (bicyclic) bond motifs is 1. The van der Waals surface area contributed by atoms with Gasteiger partial charge < -0.3 is 19.9 Å². The maximum atomic E-state index is 13.6. The summed E-state index contributed by atoms with van der Waals surface area (Å²) in [6, 6.07) is 15.4. The maximum absolute atomic E-state index is 13.6. The van der Waals surface area contributed by atoms with E-state index in [9.17, 15) is 14.3 Å². The number of nitrogens with one attached hydrogen (secondary N) is 1. The van der Waals surface area contributed by atoms with E-state index in [0.717, 1.165) is 16.7 Å². The average molecular weight is 500 g/mol. The Hall–Kier alpha value is -3.06. The predicted molar refractivity (Wildman–Crippen MR) is 124 cm³/mol. The number of carboxylic acids is 1. The van der Waals surface area contributed by atoms with Crippen LogP contribution in [0.5, 0.6) is 11.5 Å². The van der Waals surface area contributed by atoms with Gasteiger partial charge in [0, 0.05) is 10.4 Å². The molecular weight excluding hydrogens is 477 g/mol. The number of ether oxygens (including phenoxy) is 2. The van der Waals surface area contributed by atoms with Crippen LogP contribution in [0.25, 0.3) is 0 Å². The second kappa shape index (κ2) is 8.82. The molecule has 0 saturated carbocycles. The highest BCUT2D eigenvalue weighted by molar-refractivity contribution is 9.10. The molecule has 166 valence electrons. The molecule has 0 unspecified atom stereocenters. The zero-order chi connectivity index (χ0) is 23.0. The van der Waals surface area contributed by atoms with Gasteiger partial charge in [-0.25, -0.2) is 9.18 Å². The number of hydrogen-bond acceptors (Lipinski definition) is 4. The molecule has 0 radical (unpaired) electrons. The van der Waals surface area contributed by atoms with Crippen molar-refractivity contribution < 1.29 is 23.8 Å². The van der Waals surface area contributed by atoms with Crippen molar-refractivity contribution in [2.45, 2.75) is 18.9 Å². The maximum Gasteiger partial charge on any atom is 0.337 e. The number of halogens is 2. The molecule has 3 aromatic carbocycles. The fraction of sp³-hybridized carbons (Fsp3) is 0.240. The van der Waals surface area contributed by atoms with Crippen LogP contribution in [0.3, 0.4) is 0 Å². The first kappa shape index (κ1) is 22.1. The van der Waals surface area contributed by atoms with E-state index in [0.29, 0.717) is 21.7 Å². The Balaban J connectivity index is 1.93. The van der Waals surface area contributed by atoms with Gasteiger partial charge in [-0.05, 0) is 59.0 Å². The quantitative estimate of drug-likeness (QED) is 0.434. The van der Waals surface area contributed by atoms with Crippen LogP contribution in [0.15, 0.2) is 59.1 Å². The van der Waals surface area contributed by atoms with Crippen molar-refractivity contribution in [3.63, 3.8) is 0 Å². The van der Waals surface area contributed by atoms with Crippen molar-refractivity contribution >= 4 is 27.6 Å². The molecule has 0 saturated heterocycles. The van der Waals surface area contributed by atoms with Gasteiger partial charge in [-0.15, -0.1) is 0 Å². The lowest BCUT2D eigenvalue weighted by Gasteiger charge is -2.40. The van der Waals surface area contributed by atoms with Gasteiger partial charge in [0.2, 0.25) is 0 Å². The Morgan fingerprint density at radius 3 is 2.28 bits per heavy atom. The van der Waals surface area contributed by atoms with Gasteiger partial charge in [-0.1, -0.05) is 41.1 Å². The van der Waals surface area contributed by atoms with Gasteiger partial charge in [-0.3, -0.25) is 0 Å². The van der Waals surface area contributed by atoms with E-state index < -0.39 is 5.97 Å². The molecule has 7 heteroatoms. The Morgan fingerprint density at radius 2 is 1.66 bits per heavy atom. The van der Waals surface area contributed by atoms with Crippen LogP contribution in [0.1, 0.15) is 45.9 Å². The molecule has 3 atom stereocenters. The number of anilines is 1. The minimum absolute atomic E-state index is 0.0157. The van der Waals surface area contributed by atoms with Gasteiger partial charge in [0.1, 0.15) is 5.82 Å². The number of carbonyl (C=O) groups is 1. The van der Waals surface area contributed by atoms with Crippen LogP contribution < -0.4 is 14.8 Å². The molecule has 0 spiro atoms. The fourth-order valence-electron chi connectivity index (χ4n) is 4.55. The molecule has 0 amide bonds. The standard InChI is InChI=1S/C25H23BrFNO4/c1-13-22(15-6-9-20(31-2)21(10-15)32-3)18-11-16(26)12-19(25(29)30)24(18)28-23(13)14-4-7-17(27)8-5-14/h4-13,22-23,28H,1-3H3,(H,29,30)/t13-,22+,23+/m1/s1. The summed E-state index contributed by atoms with van der Waals surface area (Å²) in [6.07, 6.45) is 0. The van der Waals surface area contributed by atoms with E-state index in [1.165, 1.54) is 12.1 Å². The Kier molecular flexibility index (Phi) is 6.11. The van der Waals surface area contributed by atoms with Crippen molar-refractivity contribution in [1.29, 1.82) is 0 Å². The number of rotatable bonds is 5. The summed E-state index contributed by atoms with van der Waals surface area (Å²) in [5.41, 5.74) is 3.47. The van der Waals surface area contributed by atoms with Crippen LogP contribution in [0.4, 0.5) is 10.1 Å². The van der Waals surface area contributed by atoms with E-state index >= 15 is 0 Å². The van der Waals surface area contributed by atoms with E-state index in [1.807, 2.05) is 24.3 Å². The van der Waals surface area contributed by atoms with Gasteiger partial charge in [0.25, 0.3) is 0 Å². The van der Waals surface area contributed by atoms with Crippen molar-refractivity contribution in [2.75, 3.05) is 19.5 Å². The molecule has 0 bridgehead atoms. The highest BCUT2D eigenvalue weighted by Crippen LogP contribution is 2.50. The molecular formula is C25H23BrFNO4. The van der Waals surface area contributed by atoms with Crippen LogP contribution in [0.2, 0.25) is 0 Å². The van der Waals surface area contributed by atoms with Crippen LogP contribution in [-0.2, 0) is 0 Å². The summed E-state index contributed by atoms with van der Waals surface area (Å²) in [7, 11) is 3.17. The molecule has 1 aliphatic rings. The van der Waals surface area contributed by atoms with Gasteiger partial charge in [0.05, 0.1) is 31.5 Å². The second-order valence-corrected chi connectivity index (χ2v) is 8.76. The fourth-order valence-corrected chi connectivity index (χ4v) is 5.03. The summed E-state index contributed by atoms with van der Waals surface area (Å²) in [5, 5.41) is 13.3. The molecule has 4 rings (SSSR count). The second-order valence-electron chi connectivity index (χ2n) is 7.85. The number of methoxy groups -OCH3 is 2. The Bertz CT molecular complexity index is 1170. The Labute approximate surface area is 194 Å². The van der Waals surface area contributed by atoms with Crippen LogP contribution >= 0.6 is 15.9 Å². The van der Waals surface area contributed by atoms with Crippen molar-refractivity contribution in [2.24, 2.45) is 5.92 Å². The highest BCUT2D eigenvalue weighted by Gasteiger charge is 2.38. The topological polar surface area (TPSA) is 67.8 Å². The van der Waals surface area contributed by atoms with Gasteiger partial charge in [0.15, 0.2) is 11.5 Å². The lowest BCUT2D eigenvalue weighted by Crippen LogP contribution is -2.32. The highest BCUT2D eigenvalue weighted by atomic mass is 79.9. The number of aromatic carboxylic acids is 1. The number of benzene rings is 3. The molecule has 1 heterocycles. The van der Waals surface area contributed by atoms with Crippen molar-refractivity contribution in [3.8, 4) is 11.5 Å². The smallest absolute Gasteiger partial charge is 0.337 e. The zero-order valence-electron chi connectivity index (χ0n) is 17.9. The molecule has 3 aromatic rings. The summed E-state index contributed by atoms with van der Waals surface area (Å²) in [5.74, 6) is -0.242. The summed E-state index contributed by atoms with van der Waals surface area (Å²) < 4.78 is 25.2. The van der Waals surface area contributed by atoms with Gasteiger partial charge >= 0.3 is 5.97 Å². The van der Waals surface area contributed by atoms with E-state index in [4.69, 9.17) is 9.47 Å². The molecule has 5 nitrogen and oxygen atoms in total. The first-order valence-corrected chi connectivity index (χ1v) is 10.9. The molecule has 1 aliphatic heterocycles. The van der Waals surface area contributed by atoms with Crippen LogP contribution in [0, 0.1) is 11.7 Å². The Morgan fingerprint density at radius 1 is 1.00 bits per heavy atom. The average Bonchev–Trinajstić information content (AvgIpc) is 2.78. The molecule has 0 aromatic heterocycles. The van der Waals surface area contributed by atoms with Crippen molar-refractivity contribution in [3.05, 3.63) is 87.1 Å². The first-order chi connectivity index (χ1) is 15.3. The lowest BCUT2D eigenvalue weighted by molar-refractivity contribution is 0.0697. The minimum atomic E-state index is -1.02. The SMILES string of the molecule is COc1ccc([C@H]2c3cc(Br)cc(C(=O)O)c3N[C@H](c3ccc(F)cc3)[C@@H]2C)cc1OC. The largest absolute Gasteiger partial charge is 0.493 e. The summed E-state index contributed by atoms with van der Waals surface area (Å²) >= 11 is 3.47. The molecule has 32 heavy (non-hydrogen) atoms. The summed E-state index contributed by atoms with van der Waals surface area (Å²) in [4.78, 5) is 12.1.